The zero-order chi connectivity index (χ0) is 17.8. The average Bonchev–Trinajstić information content (AvgIpc) is 2.62. The summed E-state index contributed by atoms with van der Waals surface area (Å²) in [6.07, 6.45) is 0. The van der Waals surface area contributed by atoms with Crippen LogP contribution in [0.1, 0.15) is 26.3 Å². The molecule has 0 bridgehead atoms. The molecule has 0 aliphatic heterocycles. The van der Waals surface area contributed by atoms with Crippen LogP contribution in [-0.2, 0) is 0 Å². The second-order valence-electron chi connectivity index (χ2n) is 5.35. The average molecular weight is 370 g/mol. The Morgan fingerprint density at radius 3 is 2.20 bits per heavy atom. The van der Waals surface area contributed by atoms with E-state index in [1.807, 2.05) is 6.07 Å². The molecule has 1 amide bonds. The van der Waals surface area contributed by atoms with E-state index in [9.17, 15) is 9.59 Å². The van der Waals surface area contributed by atoms with Crippen molar-refractivity contribution >= 4 is 40.6 Å². The van der Waals surface area contributed by atoms with Gasteiger partial charge in [0.1, 0.15) is 0 Å². The zero-order valence-corrected chi connectivity index (χ0v) is 14.5. The van der Waals surface area contributed by atoms with Crippen LogP contribution in [0, 0.1) is 0 Å². The van der Waals surface area contributed by atoms with Crippen molar-refractivity contribution in [2.75, 3.05) is 5.32 Å². The minimum atomic E-state index is -0.369. The quantitative estimate of drug-likeness (QED) is 0.619. The number of carbonyl (C=O) groups is 2. The fourth-order valence-electron chi connectivity index (χ4n) is 2.37. The summed E-state index contributed by atoms with van der Waals surface area (Å²) in [4.78, 5) is 24.9. The van der Waals surface area contributed by atoms with E-state index in [1.165, 1.54) is 6.07 Å². The molecule has 0 saturated heterocycles. The van der Waals surface area contributed by atoms with Gasteiger partial charge < -0.3 is 5.32 Å². The van der Waals surface area contributed by atoms with E-state index in [4.69, 9.17) is 23.2 Å². The predicted octanol–water partition coefficient (Wildman–Crippen LogP) is 5.48. The van der Waals surface area contributed by atoms with Crippen molar-refractivity contribution in [1.29, 1.82) is 0 Å². The summed E-state index contributed by atoms with van der Waals surface area (Å²) in [6.45, 7) is 0. The van der Waals surface area contributed by atoms with Crippen molar-refractivity contribution in [1.82, 2.24) is 0 Å². The first-order valence-corrected chi connectivity index (χ1v) is 8.26. The molecule has 0 spiro atoms. The van der Waals surface area contributed by atoms with Crippen molar-refractivity contribution in [3.8, 4) is 0 Å². The van der Waals surface area contributed by atoms with E-state index < -0.39 is 0 Å². The van der Waals surface area contributed by atoms with Gasteiger partial charge in [0.05, 0.1) is 10.6 Å². The summed E-state index contributed by atoms with van der Waals surface area (Å²) in [7, 11) is 0. The van der Waals surface area contributed by atoms with Crippen molar-refractivity contribution in [2.24, 2.45) is 0 Å². The topological polar surface area (TPSA) is 46.2 Å². The van der Waals surface area contributed by atoms with Crippen LogP contribution in [0.3, 0.4) is 0 Å². The highest BCUT2D eigenvalue weighted by Crippen LogP contribution is 2.22. The minimum absolute atomic E-state index is 0.110. The molecule has 25 heavy (non-hydrogen) atoms. The molecule has 124 valence electrons. The number of ketones is 1. The largest absolute Gasteiger partial charge is 0.322 e. The third-order valence-corrected chi connectivity index (χ3v) is 4.14. The van der Waals surface area contributed by atoms with Crippen molar-refractivity contribution < 1.29 is 9.59 Å². The van der Waals surface area contributed by atoms with Gasteiger partial charge in [-0.3, -0.25) is 9.59 Å². The first-order valence-electron chi connectivity index (χ1n) is 7.51. The molecular weight excluding hydrogens is 357 g/mol. The highest BCUT2D eigenvalue weighted by molar-refractivity contribution is 6.37. The summed E-state index contributed by atoms with van der Waals surface area (Å²) in [5.74, 6) is -0.479. The number of nitrogens with one attached hydrogen (secondary N) is 1. The Morgan fingerprint density at radius 1 is 0.760 bits per heavy atom. The number of benzene rings is 3. The molecule has 0 atom stereocenters. The van der Waals surface area contributed by atoms with Crippen molar-refractivity contribution in [3.05, 3.63) is 99.5 Å². The number of amides is 1. The first-order chi connectivity index (χ1) is 12.0. The Labute approximate surface area is 155 Å². The van der Waals surface area contributed by atoms with Crippen molar-refractivity contribution in [3.63, 3.8) is 0 Å². The molecule has 5 heteroatoms. The molecule has 0 unspecified atom stereocenters. The summed E-state index contributed by atoms with van der Waals surface area (Å²) in [5.41, 5.74) is 1.90. The fourth-order valence-corrected chi connectivity index (χ4v) is 2.86. The molecule has 0 radical (unpaired) electrons. The van der Waals surface area contributed by atoms with Gasteiger partial charge in [-0.25, -0.2) is 0 Å². The number of hydrogen-bond donors (Lipinski definition) is 1. The molecule has 0 fully saturated rings. The van der Waals surface area contributed by atoms with E-state index in [0.717, 1.165) is 0 Å². The van der Waals surface area contributed by atoms with Crippen LogP contribution >= 0.6 is 23.2 Å². The van der Waals surface area contributed by atoms with Gasteiger partial charge >= 0.3 is 0 Å². The standard InChI is InChI=1S/C20H13Cl2NO2/c21-15-9-10-17(18(22)12-15)20(25)23-16-8-4-7-14(11-16)19(24)13-5-2-1-3-6-13/h1-12H,(H,23,25). The molecule has 0 saturated carbocycles. The second-order valence-corrected chi connectivity index (χ2v) is 6.20. The van der Waals surface area contributed by atoms with Gasteiger partial charge in [-0.15, -0.1) is 0 Å². The van der Waals surface area contributed by atoms with E-state index in [1.54, 1.807) is 60.7 Å². The molecule has 3 rings (SSSR count). The summed E-state index contributed by atoms with van der Waals surface area (Å²) in [5, 5.41) is 3.47. The van der Waals surface area contributed by atoms with E-state index >= 15 is 0 Å². The second kappa shape index (κ2) is 7.51. The number of halogens is 2. The smallest absolute Gasteiger partial charge is 0.257 e. The minimum Gasteiger partial charge on any atom is -0.322 e. The normalized spacial score (nSPS) is 10.3. The lowest BCUT2D eigenvalue weighted by Gasteiger charge is -2.09. The Kier molecular flexibility index (Phi) is 5.17. The van der Waals surface area contributed by atoms with E-state index in [2.05, 4.69) is 5.32 Å². The highest BCUT2D eigenvalue weighted by Gasteiger charge is 2.13. The van der Waals surface area contributed by atoms with Crippen LogP contribution in [0.15, 0.2) is 72.8 Å². The molecule has 0 aromatic heterocycles. The lowest BCUT2D eigenvalue weighted by Crippen LogP contribution is -2.13. The summed E-state index contributed by atoms with van der Waals surface area (Å²) in [6, 6.07) is 20.4. The third kappa shape index (κ3) is 4.08. The molecule has 3 aromatic carbocycles. The van der Waals surface area contributed by atoms with Gasteiger partial charge in [-0.05, 0) is 30.3 Å². The van der Waals surface area contributed by atoms with Crippen LogP contribution in [0.4, 0.5) is 5.69 Å². The monoisotopic (exact) mass is 369 g/mol. The Bertz CT molecular complexity index is 939. The number of anilines is 1. The molecule has 1 N–H and O–H groups in total. The fraction of sp³-hybridized carbons (Fsp3) is 0. The van der Waals surface area contributed by atoms with Crippen molar-refractivity contribution in [2.45, 2.75) is 0 Å². The molecular formula is C20H13Cl2NO2. The van der Waals surface area contributed by atoms with Gasteiger partial charge in [-0.2, -0.15) is 0 Å². The van der Waals surface area contributed by atoms with Gasteiger partial charge in [0, 0.05) is 21.8 Å². The zero-order valence-electron chi connectivity index (χ0n) is 13.0. The van der Waals surface area contributed by atoms with Gasteiger partial charge in [0.15, 0.2) is 5.78 Å². The maximum Gasteiger partial charge on any atom is 0.257 e. The lowest BCUT2D eigenvalue weighted by molar-refractivity contribution is 0.102. The van der Waals surface area contributed by atoms with Crippen LogP contribution in [0.25, 0.3) is 0 Å². The summed E-state index contributed by atoms with van der Waals surface area (Å²) < 4.78 is 0. The molecule has 0 aliphatic carbocycles. The predicted molar refractivity (Wildman–Crippen MR) is 101 cm³/mol. The van der Waals surface area contributed by atoms with Crippen LogP contribution in [0.5, 0.6) is 0 Å². The summed E-state index contributed by atoms with van der Waals surface area (Å²) >= 11 is 11.9. The molecule has 0 aliphatic rings. The Balaban J connectivity index is 1.82. The van der Waals surface area contributed by atoms with Gasteiger partial charge in [-0.1, -0.05) is 65.7 Å². The third-order valence-electron chi connectivity index (χ3n) is 3.59. The molecule has 3 nitrogen and oxygen atoms in total. The van der Waals surface area contributed by atoms with Crippen LogP contribution < -0.4 is 5.32 Å². The van der Waals surface area contributed by atoms with Gasteiger partial charge in [0.25, 0.3) is 5.91 Å². The number of rotatable bonds is 4. The number of carbonyl (C=O) groups excluding carboxylic acids is 2. The molecule has 3 aromatic rings. The first kappa shape index (κ1) is 17.2. The highest BCUT2D eigenvalue weighted by atomic mass is 35.5. The van der Waals surface area contributed by atoms with Crippen LogP contribution in [-0.4, -0.2) is 11.7 Å². The lowest BCUT2D eigenvalue weighted by atomic mass is 10.0. The Morgan fingerprint density at radius 2 is 1.48 bits per heavy atom. The SMILES string of the molecule is O=C(c1ccccc1)c1cccc(NC(=O)c2ccc(Cl)cc2Cl)c1. The Hall–Kier alpha value is -2.62. The van der Waals surface area contributed by atoms with E-state index in [0.29, 0.717) is 27.4 Å². The number of hydrogen-bond acceptors (Lipinski definition) is 2. The maximum absolute atomic E-state index is 12.5. The van der Waals surface area contributed by atoms with Crippen LogP contribution in [0.2, 0.25) is 10.0 Å². The molecule has 0 heterocycles. The van der Waals surface area contributed by atoms with E-state index in [-0.39, 0.29) is 16.7 Å². The van der Waals surface area contributed by atoms with Gasteiger partial charge in [0.2, 0.25) is 0 Å². The maximum atomic E-state index is 12.5.